The van der Waals surface area contributed by atoms with Gasteiger partial charge in [0.2, 0.25) is 10.0 Å². The number of carbonyl (C=O) groups excluding carboxylic acids is 1. The third kappa shape index (κ3) is 5.91. The van der Waals surface area contributed by atoms with Crippen LogP contribution in [0.25, 0.3) is 0 Å². The van der Waals surface area contributed by atoms with Crippen LogP contribution in [-0.4, -0.2) is 81.8 Å². The van der Waals surface area contributed by atoms with Crippen LogP contribution < -0.4 is 5.32 Å². The second-order valence-corrected chi connectivity index (χ2v) is 9.93. The molecule has 7 nitrogen and oxygen atoms in total. The molecule has 2 saturated heterocycles. The molecule has 8 heteroatoms. The first-order valence-corrected chi connectivity index (χ1v) is 10.9. The van der Waals surface area contributed by atoms with Crippen molar-refractivity contribution in [3.8, 4) is 0 Å². The van der Waals surface area contributed by atoms with Crippen LogP contribution in [0.1, 0.15) is 39.0 Å². The van der Waals surface area contributed by atoms with Gasteiger partial charge in [0.05, 0.1) is 5.75 Å². The van der Waals surface area contributed by atoms with Crippen LogP contribution in [0.3, 0.4) is 0 Å². The number of ether oxygens (including phenoxy) is 1. The smallest absolute Gasteiger partial charge is 0.251 e. The molecule has 2 fully saturated rings. The SMILES string of the molecule is CN(C)S(=O)(=O)CCCN1CCC(CNC(=O)C2(C)CCCO2)CC1. The Morgan fingerprint density at radius 1 is 1.32 bits per heavy atom. The largest absolute Gasteiger partial charge is 0.365 e. The van der Waals surface area contributed by atoms with Gasteiger partial charge < -0.3 is 15.0 Å². The zero-order valence-corrected chi connectivity index (χ0v) is 16.6. The average Bonchev–Trinajstić information content (AvgIpc) is 3.01. The molecule has 1 amide bonds. The number of hydrogen-bond donors (Lipinski definition) is 1. The van der Waals surface area contributed by atoms with Crippen molar-refractivity contribution in [1.82, 2.24) is 14.5 Å². The Labute approximate surface area is 152 Å². The van der Waals surface area contributed by atoms with Gasteiger partial charge in [-0.1, -0.05) is 0 Å². The fourth-order valence-corrected chi connectivity index (χ4v) is 4.31. The van der Waals surface area contributed by atoms with Crippen LogP contribution >= 0.6 is 0 Å². The molecular formula is C17H33N3O4S. The Hall–Kier alpha value is -0.700. The van der Waals surface area contributed by atoms with Crippen molar-refractivity contribution < 1.29 is 17.9 Å². The van der Waals surface area contributed by atoms with Gasteiger partial charge in [0, 0.05) is 27.2 Å². The molecule has 2 heterocycles. The van der Waals surface area contributed by atoms with Gasteiger partial charge in [0.1, 0.15) is 5.60 Å². The molecule has 146 valence electrons. The molecular weight excluding hydrogens is 342 g/mol. The topological polar surface area (TPSA) is 79.0 Å². The summed E-state index contributed by atoms with van der Waals surface area (Å²) >= 11 is 0. The number of nitrogens with one attached hydrogen (secondary N) is 1. The van der Waals surface area contributed by atoms with Gasteiger partial charge in [-0.05, 0) is 64.6 Å². The van der Waals surface area contributed by atoms with E-state index in [1.165, 1.54) is 4.31 Å². The van der Waals surface area contributed by atoms with Gasteiger partial charge in [0.25, 0.3) is 5.91 Å². The highest BCUT2D eigenvalue weighted by Gasteiger charge is 2.37. The Bertz CT molecular complexity index is 536. The summed E-state index contributed by atoms with van der Waals surface area (Å²) in [5, 5.41) is 3.06. The molecule has 2 aliphatic heterocycles. The quantitative estimate of drug-likeness (QED) is 0.674. The maximum absolute atomic E-state index is 12.3. The molecule has 0 aromatic carbocycles. The third-order valence-corrected chi connectivity index (χ3v) is 7.31. The van der Waals surface area contributed by atoms with E-state index in [9.17, 15) is 13.2 Å². The number of carbonyl (C=O) groups is 1. The Balaban J connectivity index is 1.62. The van der Waals surface area contributed by atoms with Crippen LogP contribution in [0.2, 0.25) is 0 Å². The third-order valence-electron chi connectivity index (χ3n) is 5.39. The maximum Gasteiger partial charge on any atom is 0.251 e. The van der Waals surface area contributed by atoms with Gasteiger partial charge in [-0.15, -0.1) is 0 Å². The summed E-state index contributed by atoms with van der Waals surface area (Å²) in [6, 6.07) is 0. The van der Waals surface area contributed by atoms with Gasteiger partial charge in [-0.2, -0.15) is 0 Å². The molecule has 2 aliphatic rings. The average molecular weight is 376 g/mol. The first-order chi connectivity index (χ1) is 11.7. The molecule has 0 aliphatic carbocycles. The molecule has 2 rings (SSSR count). The van der Waals surface area contributed by atoms with E-state index in [0.29, 0.717) is 25.5 Å². The van der Waals surface area contributed by atoms with Crippen LogP contribution in [0.4, 0.5) is 0 Å². The van der Waals surface area contributed by atoms with Crippen molar-refractivity contribution in [2.45, 2.75) is 44.6 Å². The highest BCUT2D eigenvalue weighted by molar-refractivity contribution is 7.89. The van der Waals surface area contributed by atoms with Crippen molar-refractivity contribution in [2.24, 2.45) is 5.92 Å². The molecule has 0 radical (unpaired) electrons. The highest BCUT2D eigenvalue weighted by Crippen LogP contribution is 2.25. The van der Waals surface area contributed by atoms with Gasteiger partial charge in [-0.3, -0.25) is 4.79 Å². The van der Waals surface area contributed by atoms with Crippen LogP contribution in [0.5, 0.6) is 0 Å². The lowest BCUT2D eigenvalue weighted by molar-refractivity contribution is -0.139. The monoisotopic (exact) mass is 375 g/mol. The summed E-state index contributed by atoms with van der Waals surface area (Å²) in [7, 11) is 0.0565. The molecule has 0 saturated carbocycles. The zero-order chi connectivity index (χ0) is 18.5. The maximum atomic E-state index is 12.3. The van der Waals surface area contributed by atoms with Crippen molar-refractivity contribution in [2.75, 3.05) is 52.6 Å². The fraction of sp³-hybridized carbons (Fsp3) is 0.941. The van der Waals surface area contributed by atoms with Crippen molar-refractivity contribution in [3.63, 3.8) is 0 Å². The minimum Gasteiger partial charge on any atom is -0.365 e. The van der Waals surface area contributed by atoms with E-state index in [4.69, 9.17) is 4.74 Å². The number of sulfonamides is 1. The molecule has 0 aromatic rings. The lowest BCUT2D eigenvalue weighted by atomic mass is 9.95. The van der Waals surface area contributed by atoms with E-state index >= 15 is 0 Å². The summed E-state index contributed by atoms with van der Waals surface area (Å²) in [6.07, 6.45) is 4.49. The number of rotatable bonds is 8. The van der Waals surface area contributed by atoms with Crippen molar-refractivity contribution >= 4 is 15.9 Å². The lowest BCUT2D eigenvalue weighted by Crippen LogP contribution is -2.47. The van der Waals surface area contributed by atoms with Crippen LogP contribution in [0, 0.1) is 5.92 Å². The molecule has 1 N–H and O–H groups in total. The summed E-state index contributed by atoms with van der Waals surface area (Å²) in [4.78, 5) is 14.6. The Kier molecular flexibility index (Phi) is 7.25. The van der Waals surface area contributed by atoms with Crippen LogP contribution in [0.15, 0.2) is 0 Å². The summed E-state index contributed by atoms with van der Waals surface area (Å²) in [5.74, 6) is 0.714. The normalized spacial score (nSPS) is 26.2. The minimum absolute atomic E-state index is 0.0151. The number of amides is 1. The van der Waals surface area contributed by atoms with E-state index < -0.39 is 15.6 Å². The minimum atomic E-state index is -3.09. The first kappa shape index (κ1) is 20.6. The van der Waals surface area contributed by atoms with Crippen LogP contribution in [-0.2, 0) is 19.6 Å². The number of nitrogens with zero attached hydrogens (tertiary/aromatic N) is 2. The molecule has 0 bridgehead atoms. The highest BCUT2D eigenvalue weighted by atomic mass is 32.2. The zero-order valence-electron chi connectivity index (χ0n) is 15.8. The van der Waals surface area contributed by atoms with Gasteiger partial charge in [-0.25, -0.2) is 12.7 Å². The predicted octanol–water partition coefficient (Wildman–Crippen LogP) is 0.665. The number of hydrogen-bond acceptors (Lipinski definition) is 5. The summed E-state index contributed by atoms with van der Waals surface area (Å²) in [5.41, 5.74) is -0.640. The Morgan fingerprint density at radius 2 is 2.00 bits per heavy atom. The second-order valence-electron chi connectivity index (χ2n) is 7.63. The first-order valence-electron chi connectivity index (χ1n) is 9.28. The van der Waals surface area contributed by atoms with E-state index in [1.807, 2.05) is 6.92 Å². The van der Waals surface area contributed by atoms with E-state index in [-0.39, 0.29) is 11.7 Å². The second kappa shape index (κ2) is 8.79. The number of likely N-dealkylation sites (tertiary alicyclic amines) is 1. The standard InChI is InChI=1S/C17H33N3O4S/c1-17(8-4-12-24-17)16(21)18-14-15-6-10-20(11-7-15)9-5-13-25(22,23)19(2)3/h15H,4-14H2,1-3H3,(H,18,21). The van der Waals surface area contributed by atoms with E-state index in [2.05, 4.69) is 10.2 Å². The fourth-order valence-electron chi connectivity index (χ4n) is 3.45. The molecule has 0 aromatic heterocycles. The van der Waals surface area contributed by atoms with Gasteiger partial charge in [0.15, 0.2) is 0 Å². The predicted molar refractivity (Wildman–Crippen MR) is 97.9 cm³/mol. The summed E-state index contributed by atoms with van der Waals surface area (Å²) in [6.45, 7) is 6.01. The van der Waals surface area contributed by atoms with Crippen molar-refractivity contribution in [3.05, 3.63) is 0 Å². The molecule has 1 atom stereocenters. The molecule has 0 spiro atoms. The lowest BCUT2D eigenvalue weighted by Gasteiger charge is -2.32. The van der Waals surface area contributed by atoms with Crippen molar-refractivity contribution in [1.29, 1.82) is 0 Å². The van der Waals surface area contributed by atoms with E-state index in [0.717, 1.165) is 45.3 Å². The molecule has 25 heavy (non-hydrogen) atoms. The number of piperidine rings is 1. The van der Waals surface area contributed by atoms with E-state index in [1.54, 1.807) is 14.1 Å². The molecule has 1 unspecified atom stereocenters. The van der Waals surface area contributed by atoms with Gasteiger partial charge >= 0.3 is 0 Å². The Morgan fingerprint density at radius 3 is 2.56 bits per heavy atom. The summed E-state index contributed by atoms with van der Waals surface area (Å²) < 4.78 is 30.4.